The summed E-state index contributed by atoms with van der Waals surface area (Å²) in [6.45, 7) is 0. The Kier molecular flexibility index (Phi) is 2.23. The van der Waals surface area contributed by atoms with E-state index in [1.54, 1.807) is 6.07 Å². The molecule has 0 amide bonds. The van der Waals surface area contributed by atoms with Gasteiger partial charge in [-0.3, -0.25) is 0 Å². The van der Waals surface area contributed by atoms with Crippen LogP contribution >= 0.6 is 0 Å². The first kappa shape index (κ1) is 11.5. The highest BCUT2D eigenvalue weighted by Gasteiger charge is 2.40. The van der Waals surface area contributed by atoms with E-state index in [-0.39, 0.29) is 5.54 Å². The van der Waals surface area contributed by atoms with Gasteiger partial charge in [-0.15, -0.1) is 0 Å². The maximum atomic E-state index is 12.6. The maximum absolute atomic E-state index is 12.6. The monoisotopic (exact) mass is 251 g/mol. The molecule has 0 radical (unpaired) electrons. The van der Waals surface area contributed by atoms with Crippen molar-refractivity contribution >= 4 is 10.8 Å². The zero-order valence-corrected chi connectivity index (χ0v) is 9.59. The van der Waals surface area contributed by atoms with Crippen LogP contribution in [0.1, 0.15) is 24.0 Å². The van der Waals surface area contributed by atoms with Gasteiger partial charge in [0.2, 0.25) is 0 Å². The van der Waals surface area contributed by atoms with Crippen molar-refractivity contribution in [1.82, 2.24) is 0 Å². The highest BCUT2D eigenvalue weighted by molar-refractivity contribution is 5.84. The second-order valence-electron chi connectivity index (χ2n) is 4.93. The van der Waals surface area contributed by atoms with Crippen LogP contribution in [0.5, 0.6) is 0 Å². The first-order valence-corrected chi connectivity index (χ1v) is 5.79. The van der Waals surface area contributed by atoms with E-state index in [9.17, 15) is 13.2 Å². The lowest BCUT2D eigenvalue weighted by Gasteiger charge is -2.12. The van der Waals surface area contributed by atoms with E-state index in [1.165, 1.54) is 12.1 Å². The Labute approximate surface area is 102 Å². The molecular formula is C14H12F3N. The summed E-state index contributed by atoms with van der Waals surface area (Å²) in [7, 11) is 0. The van der Waals surface area contributed by atoms with Crippen molar-refractivity contribution < 1.29 is 13.2 Å². The van der Waals surface area contributed by atoms with Crippen LogP contribution in [-0.2, 0) is 11.7 Å². The van der Waals surface area contributed by atoms with Gasteiger partial charge in [0.25, 0.3) is 0 Å². The zero-order chi connectivity index (χ0) is 13.0. The highest BCUT2D eigenvalue weighted by Crippen LogP contribution is 2.43. The molecule has 2 aromatic rings. The first-order valence-electron chi connectivity index (χ1n) is 5.79. The molecule has 1 fully saturated rings. The van der Waals surface area contributed by atoms with Crippen molar-refractivity contribution in [3.05, 3.63) is 47.5 Å². The second kappa shape index (κ2) is 3.48. The minimum atomic E-state index is -4.30. The summed E-state index contributed by atoms with van der Waals surface area (Å²) in [5.41, 5.74) is 6.05. The van der Waals surface area contributed by atoms with Crippen LogP contribution in [0.4, 0.5) is 13.2 Å². The number of halogens is 3. The molecule has 18 heavy (non-hydrogen) atoms. The van der Waals surface area contributed by atoms with Crippen LogP contribution in [0.15, 0.2) is 36.4 Å². The molecule has 0 aromatic heterocycles. The number of benzene rings is 2. The Morgan fingerprint density at radius 3 is 2.22 bits per heavy atom. The normalized spacial score (nSPS) is 18.0. The minimum Gasteiger partial charge on any atom is -0.321 e. The van der Waals surface area contributed by atoms with Crippen molar-refractivity contribution in [2.75, 3.05) is 0 Å². The Morgan fingerprint density at radius 1 is 0.944 bits per heavy atom. The molecule has 0 atom stereocenters. The number of rotatable bonds is 1. The summed E-state index contributed by atoms with van der Waals surface area (Å²) in [5.74, 6) is 0. The van der Waals surface area contributed by atoms with Crippen LogP contribution in [-0.4, -0.2) is 0 Å². The molecule has 0 aliphatic heterocycles. The maximum Gasteiger partial charge on any atom is 0.416 e. The van der Waals surface area contributed by atoms with Crippen molar-refractivity contribution in [2.24, 2.45) is 5.73 Å². The summed E-state index contributed by atoms with van der Waals surface area (Å²) in [5, 5.41) is 1.40. The summed E-state index contributed by atoms with van der Waals surface area (Å²) >= 11 is 0. The predicted octanol–water partition coefficient (Wildman–Crippen LogP) is 3.81. The molecule has 0 heterocycles. The molecule has 1 aliphatic carbocycles. The Hall–Kier alpha value is -1.55. The summed E-state index contributed by atoms with van der Waals surface area (Å²) in [6.07, 6.45) is -2.50. The third-order valence-corrected chi connectivity index (χ3v) is 3.53. The number of fused-ring (bicyclic) bond motifs is 1. The van der Waals surface area contributed by atoms with Gasteiger partial charge in [0.05, 0.1) is 5.56 Å². The standard InChI is InChI=1S/C14H12F3N/c15-14(16,17)12-4-2-9-1-3-11(7-10(9)8-12)13(18)5-6-13/h1-4,7-8H,5-6,18H2. The molecule has 0 bridgehead atoms. The molecule has 1 saturated carbocycles. The van der Waals surface area contributed by atoms with Gasteiger partial charge in [0.15, 0.2) is 0 Å². The fraction of sp³-hybridized carbons (Fsp3) is 0.286. The molecule has 0 spiro atoms. The van der Waals surface area contributed by atoms with Crippen LogP contribution in [0, 0.1) is 0 Å². The summed E-state index contributed by atoms with van der Waals surface area (Å²) < 4.78 is 37.9. The number of alkyl halides is 3. The van der Waals surface area contributed by atoms with E-state index < -0.39 is 11.7 Å². The Morgan fingerprint density at radius 2 is 1.61 bits per heavy atom. The van der Waals surface area contributed by atoms with Gasteiger partial charge >= 0.3 is 6.18 Å². The number of hydrogen-bond acceptors (Lipinski definition) is 1. The summed E-state index contributed by atoms with van der Waals surface area (Å²) in [4.78, 5) is 0. The lowest BCUT2D eigenvalue weighted by atomic mass is 9.99. The topological polar surface area (TPSA) is 26.0 Å². The molecule has 1 aliphatic rings. The van der Waals surface area contributed by atoms with Crippen LogP contribution in [0.25, 0.3) is 10.8 Å². The van der Waals surface area contributed by atoms with Crippen molar-refractivity contribution in [2.45, 2.75) is 24.6 Å². The fourth-order valence-electron chi connectivity index (χ4n) is 2.16. The summed E-state index contributed by atoms with van der Waals surface area (Å²) in [6, 6.07) is 9.30. The lowest BCUT2D eigenvalue weighted by Crippen LogP contribution is -2.18. The zero-order valence-electron chi connectivity index (χ0n) is 9.59. The highest BCUT2D eigenvalue weighted by atomic mass is 19.4. The first-order chi connectivity index (χ1) is 8.38. The van der Waals surface area contributed by atoms with Crippen LogP contribution in [0.3, 0.4) is 0 Å². The van der Waals surface area contributed by atoms with Gasteiger partial charge in [-0.2, -0.15) is 13.2 Å². The Bertz CT molecular complexity index is 572. The second-order valence-corrected chi connectivity index (χ2v) is 4.93. The van der Waals surface area contributed by atoms with Gasteiger partial charge in [0.1, 0.15) is 0 Å². The molecule has 3 rings (SSSR count). The molecule has 0 saturated heterocycles. The van der Waals surface area contributed by atoms with E-state index in [0.29, 0.717) is 5.39 Å². The molecule has 2 aromatic carbocycles. The van der Waals surface area contributed by atoms with E-state index in [2.05, 4.69) is 0 Å². The van der Waals surface area contributed by atoms with E-state index in [0.717, 1.165) is 29.9 Å². The molecule has 2 N–H and O–H groups in total. The van der Waals surface area contributed by atoms with Crippen LogP contribution in [0.2, 0.25) is 0 Å². The van der Waals surface area contributed by atoms with E-state index in [1.807, 2.05) is 12.1 Å². The third kappa shape index (κ3) is 1.86. The van der Waals surface area contributed by atoms with Gasteiger partial charge in [-0.05, 0) is 47.4 Å². The lowest BCUT2D eigenvalue weighted by molar-refractivity contribution is -0.137. The number of nitrogens with two attached hydrogens (primary N) is 1. The molecule has 1 nitrogen and oxygen atoms in total. The quantitative estimate of drug-likeness (QED) is 0.819. The van der Waals surface area contributed by atoms with Crippen molar-refractivity contribution in [1.29, 1.82) is 0 Å². The third-order valence-electron chi connectivity index (χ3n) is 3.53. The molecule has 4 heteroatoms. The predicted molar refractivity (Wildman–Crippen MR) is 64.0 cm³/mol. The minimum absolute atomic E-state index is 0.317. The number of hydrogen-bond donors (Lipinski definition) is 1. The smallest absolute Gasteiger partial charge is 0.321 e. The van der Waals surface area contributed by atoms with Crippen molar-refractivity contribution in [3.63, 3.8) is 0 Å². The molecular weight excluding hydrogens is 239 g/mol. The van der Waals surface area contributed by atoms with Gasteiger partial charge in [-0.25, -0.2) is 0 Å². The molecule has 94 valence electrons. The average Bonchev–Trinajstić information content (AvgIpc) is 3.06. The largest absolute Gasteiger partial charge is 0.416 e. The van der Waals surface area contributed by atoms with Crippen LogP contribution < -0.4 is 5.73 Å². The molecule has 0 unspecified atom stereocenters. The SMILES string of the molecule is NC1(c2ccc3ccc(C(F)(F)F)cc3c2)CC1. The van der Waals surface area contributed by atoms with Gasteiger partial charge < -0.3 is 5.73 Å². The van der Waals surface area contributed by atoms with E-state index in [4.69, 9.17) is 5.73 Å². The Balaban J connectivity index is 2.13. The van der Waals surface area contributed by atoms with Gasteiger partial charge in [0, 0.05) is 5.54 Å². The average molecular weight is 251 g/mol. The van der Waals surface area contributed by atoms with E-state index >= 15 is 0 Å². The van der Waals surface area contributed by atoms with Crippen molar-refractivity contribution in [3.8, 4) is 0 Å². The fourth-order valence-corrected chi connectivity index (χ4v) is 2.16. The van der Waals surface area contributed by atoms with Gasteiger partial charge in [-0.1, -0.05) is 18.2 Å².